The van der Waals surface area contributed by atoms with Crippen LogP contribution >= 0.6 is 0 Å². The molecular weight excluding hydrogens is 386 g/mol. The zero-order valence-corrected chi connectivity index (χ0v) is 18.1. The third kappa shape index (κ3) is 4.94. The number of alkyl carbamates (subject to hydrolysis) is 1. The highest BCUT2D eigenvalue weighted by molar-refractivity contribution is 6.08. The highest BCUT2D eigenvalue weighted by Crippen LogP contribution is 2.33. The predicted octanol–water partition coefficient (Wildman–Crippen LogP) is 6.12. The molecule has 0 aliphatic carbocycles. The van der Waals surface area contributed by atoms with Gasteiger partial charge in [0.25, 0.3) is 0 Å². The lowest BCUT2D eigenvalue weighted by Crippen LogP contribution is -2.31. The molecule has 2 N–H and O–H groups in total. The lowest BCUT2D eigenvalue weighted by molar-refractivity contribution is 0.145. The number of carbonyl (C=O) groups excluding carboxylic acids is 1. The molecule has 5 heteroatoms. The summed E-state index contributed by atoms with van der Waals surface area (Å²) < 4.78 is 5.22. The maximum Gasteiger partial charge on any atom is 0.407 e. The molecule has 0 unspecified atom stereocenters. The lowest BCUT2D eigenvalue weighted by Gasteiger charge is -2.14. The highest BCUT2D eigenvalue weighted by atomic mass is 16.5. The van der Waals surface area contributed by atoms with Crippen LogP contribution in [-0.4, -0.2) is 23.7 Å². The monoisotopic (exact) mass is 413 g/mol. The first-order valence-electron chi connectivity index (χ1n) is 10.6. The van der Waals surface area contributed by atoms with Crippen molar-refractivity contribution in [1.29, 1.82) is 0 Å². The number of amides is 1. The van der Waals surface area contributed by atoms with E-state index >= 15 is 0 Å². The summed E-state index contributed by atoms with van der Waals surface area (Å²) in [6.07, 6.45) is 0.298. The maximum atomic E-state index is 11.6. The molecule has 0 aliphatic heterocycles. The minimum atomic E-state index is -0.375. The molecule has 0 bridgehead atoms. The predicted molar refractivity (Wildman–Crippen MR) is 127 cm³/mol. The van der Waals surface area contributed by atoms with Gasteiger partial charge in [0.1, 0.15) is 0 Å². The number of ether oxygens (including phenoxy) is 1. The fourth-order valence-corrected chi connectivity index (χ4v) is 3.58. The minimum Gasteiger partial charge on any atom is -0.449 e. The number of anilines is 2. The van der Waals surface area contributed by atoms with E-state index in [0.717, 1.165) is 38.7 Å². The summed E-state index contributed by atoms with van der Waals surface area (Å²) in [6.45, 7) is 6.25. The summed E-state index contributed by atoms with van der Waals surface area (Å²) in [5.41, 5.74) is 6.31. The zero-order valence-electron chi connectivity index (χ0n) is 18.1. The van der Waals surface area contributed by atoms with E-state index in [1.807, 2.05) is 32.0 Å². The SMILES string of the molecule is Cc1ccc2c(Nc3ccc(CCOC(=O)NC(C)C)cc3)c3ccccc3nc2c1. The average Bonchev–Trinajstić information content (AvgIpc) is 2.74. The molecule has 5 nitrogen and oxygen atoms in total. The Balaban J connectivity index is 1.53. The van der Waals surface area contributed by atoms with Gasteiger partial charge in [-0.25, -0.2) is 9.78 Å². The van der Waals surface area contributed by atoms with E-state index in [-0.39, 0.29) is 12.1 Å². The molecular formula is C26H27N3O2. The molecule has 0 atom stereocenters. The number of benzene rings is 3. The number of aryl methyl sites for hydroxylation is 1. The Labute approximate surface area is 182 Å². The second-order valence-electron chi connectivity index (χ2n) is 8.03. The fourth-order valence-electron chi connectivity index (χ4n) is 3.58. The minimum absolute atomic E-state index is 0.0714. The van der Waals surface area contributed by atoms with Crippen molar-refractivity contribution in [1.82, 2.24) is 10.3 Å². The van der Waals surface area contributed by atoms with Crippen LogP contribution in [0, 0.1) is 6.92 Å². The number of nitrogens with one attached hydrogen (secondary N) is 2. The zero-order chi connectivity index (χ0) is 21.8. The summed E-state index contributed by atoms with van der Waals surface area (Å²) in [5, 5.41) is 8.50. The van der Waals surface area contributed by atoms with E-state index in [2.05, 4.69) is 66.1 Å². The first kappa shape index (κ1) is 20.7. The molecule has 0 radical (unpaired) electrons. The van der Waals surface area contributed by atoms with Gasteiger partial charge in [-0.3, -0.25) is 0 Å². The average molecular weight is 414 g/mol. The Morgan fingerprint density at radius 2 is 1.71 bits per heavy atom. The van der Waals surface area contributed by atoms with E-state index in [1.165, 1.54) is 5.56 Å². The Bertz CT molecular complexity index is 1220. The van der Waals surface area contributed by atoms with Gasteiger partial charge in [0.2, 0.25) is 0 Å². The standard InChI is InChI=1S/C26H27N3O2/c1-17(2)27-26(30)31-15-14-19-9-11-20(12-10-19)28-25-21-6-4-5-7-23(21)29-24-16-18(3)8-13-22(24)25/h4-13,16-17H,14-15H2,1-3H3,(H,27,30)(H,28,29). The second kappa shape index (κ2) is 9.04. The summed E-state index contributed by atoms with van der Waals surface area (Å²) in [5.74, 6) is 0. The van der Waals surface area contributed by atoms with Crippen molar-refractivity contribution in [3.63, 3.8) is 0 Å². The normalized spacial score (nSPS) is 11.1. The van der Waals surface area contributed by atoms with Crippen molar-refractivity contribution in [2.75, 3.05) is 11.9 Å². The number of pyridine rings is 1. The summed E-state index contributed by atoms with van der Waals surface area (Å²) in [7, 11) is 0. The highest BCUT2D eigenvalue weighted by Gasteiger charge is 2.10. The molecule has 4 rings (SSSR count). The van der Waals surface area contributed by atoms with E-state index in [0.29, 0.717) is 13.0 Å². The molecule has 4 aromatic rings. The Morgan fingerprint density at radius 3 is 2.48 bits per heavy atom. The third-order valence-electron chi connectivity index (χ3n) is 5.09. The van der Waals surface area contributed by atoms with E-state index in [9.17, 15) is 4.79 Å². The number of nitrogens with zero attached hydrogens (tertiary/aromatic N) is 1. The van der Waals surface area contributed by atoms with Crippen LogP contribution in [0.1, 0.15) is 25.0 Å². The van der Waals surface area contributed by atoms with Gasteiger partial charge in [0.15, 0.2) is 0 Å². The molecule has 1 amide bonds. The third-order valence-corrected chi connectivity index (χ3v) is 5.09. The number of hydrogen-bond donors (Lipinski definition) is 2. The summed E-state index contributed by atoms with van der Waals surface area (Å²) in [6, 6.07) is 22.8. The molecule has 0 fully saturated rings. The molecule has 0 spiro atoms. The molecule has 1 heterocycles. The van der Waals surface area contributed by atoms with Gasteiger partial charge in [-0.05, 0) is 56.2 Å². The quantitative estimate of drug-likeness (QED) is 0.374. The van der Waals surface area contributed by atoms with E-state index in [1.54, 1.807) is 0 Å². The molecule has 0 saturated carbocycles. The van der Waals surface area contributed by atoms with Gasteiger partial charge in [-0.2, -0.15) is 0 Å². The smallest absolute Gasteiger partial charge is 0.407 e. The molecule has 158 valence electrons. The second-order valence-corrected chi connectivity index (χ2v) is 8.03. The van der Waals surface area contributed by atoms with Crippen LogP contribution < -0.4 is 10.6 Å². The van der Waals surface area contributed by atoms with Crippen molar-refractivity contribution < 1.29 is 9.53 Å². The first-order valence-corrected chi connectivity index (χ1v) is 10.6. The van der Waals surface area contributed by atoms with Crippen molar-refractivity contribution >= 4 is 39.3 Å². The van der Waals surface area contributed by atoms with Crippen molar-refractivity contribution in [3.05, 3.63) is 77.9 Å². The topological polar surface area (TPSA) is 63.2 Å². The molecule has 1 aromatic heterocycles. The van der Waals surface area contributed by atoms with Crippen LogP contribution in [0.15, 0.2) is 66.7 Å². The van der Waals surface area contributed by atoms with Gasteiger partial charge in [0, 0.05) is 28.9 Å². The van der Waals surface area contributed by atoms with Gasteiger partial charge >= 0.3 is 6.09 Å². The van der Waals surface area contributed by atoms with Gasteiger partial charge in [0.05, 0.1) is 23.3 Å². The number of fused-ring (bicyclic) bond motifs is 2. The number of hydrogen-bond acceptors (Lipinski definition) is 4. The van der Waals surface area contributed by atoms with Crippen LogP contribution in [0.4, 0.5) is 16.2 Å². The fraction of sp³-hybridized carbons (Fsp3) is 0.231. The van der Waals surface area contributed by atoms with Crippen molar-refractivity contribution in [2.45, 2.75) is 33.2 Å². The van der Waals surface area contributed by atoms with Gasteiger partial charge in [-0.15, -0.1) is 0 Å². The van der Waals surface area contributed by atoms with E-state index in [4.69, 9.17) is 9.72 Å². The number of carbonyl (C=O) groups is 1. The Kier molecular flexibility index (Phi) is 6.03. The first-order chi connectivity index (χ1) is 15.0. The van der Waals surface area contributed by atoms with Crippen LogP contribution in [-0.2, 0) is 11.2 Å². The van der Waals surface area contributed by atoms with Crippen LogP contribution in [0.3, 0.4) is 0 Å². The largest absolute Gasteiger partial charge is 0.449 e. The summed E-state index contributed by atoms with van der Waals surface area (Å²) in [4.78, 5) is 16.4. The van der Waals surface area contributed by atoms with Crippen molar-refractivity contribution in [3.8, 4) is 0 Å². The molecule has 0 saturated heterocycles. The number of para-hydroxylation sites is 1. The Hall–Kier alpha value is -3.60. The van der Waals surface area contributed by atoms with Gasteiger partial charge in [-0.1, -0.05) is 42.5 Å². The number of aromatic nitrogens is 1. The Morgan fingerprint density at radius 1 is 0.968 bits per heavy atom. The van der Waals surface area contributed by atoms with E-state index < -0.39 is 0 Å². The van der Waals surface area contributed by atoms with Crippen LogP contribution in [0.5, 0.6) is 0 Å². The van der Waals surface area contributed by atoms with Crippen LogP contribution in [0.25, 0.3) is 21.8 Å². The number of rotatable bonds is 6. The van der Waals surface area contributed by atoms with Gasteiger partial charge < -0.3 is 15.4 Å². The van der Waals surface area contributed by atoms with Crippen LogP contribution in [0.2, 0.25) is 0 Å². The van der Waals surface area contributed by atoms with Crippen molar-refractivity contribution in [2.24, 2.45) is 0 Å². The lowest BCUT2D eigenvalue weighted by atomic mass is 10.1. The molecule has 0 aliphatic rings. The molecule has 31 heavy (non-hydrogen) atoms. The maximum absolute atomic E-state index is 11.6. The summed E-state index contributed by atoms with van der Waals surface area (Å²) >= 11 is 0. The molecule has 3 aromatic carbocycles.